The minimum absolute atomic E-state index is 0.0482. The zero-order valence-electron chi connectivity index (χ0n) is 12.0. The van der Waals surface area contributed by atoms with Crippen LogP contribution in [0.3, 0.4) is 0 Å². The quantitative estimate of drug-likeness (QED) is 0.726. The summed E-state index contributed by atoms with van der Waals surface area (Å²) in [6.07, 6.45) is 8.34. The van der Waals surface area contributed by atoms with Gasteiger partial charge < -0.3 is 9.88 Å². The molecule has 1 atom stereocenters. The highest BCUT2D eigenvalue weighted by atomic mass is 79.9. The lowest BCUT2D eigenvalue weighted by Gasteiger charge is -2.33. The van der Waals surface area contributed by atoms with E-state index in [4.69, 9.17) is 0 Å². The number of rotatable bonds is 1. The van der Waals surface area contributed by atoms with Gasteiger partial charge in [-0.2, -0.15) is 5.10 Å². The van der Waals surface area contributed by atoms with Gasteiger partial charge >= 0.3 is 0 Å². The second-order valence-electron chi connectivity index (χ2n) is 5.46. The van der Waals surface area contributed by atoms with E-state index >= 15 is 0 Å². The summed E-state index contributed by atoms with van der Waals surface area (Å²) in [4.78, 5) is 22.0. The Morgan fingerprint density at radius 3 is 3.18 bits per heavy atom. The van der Waals surface area contributed by atoms with Gasteiger partial charge in [-0.05, 0) is 40.4 Å². The molecule has 3 aromatic rings. The van der Waals surface area contributed by atoms with Crippen molar-refractivity contribution in [3.8, 4) is 0 Å². The van der Waals surface area contributed by atoms with Gasteiger partial charge in [0.25, 0.3) is 5.91 Å². The molecule has 22 heavy (non-hydrogen) atoms. The van der Waals surface area contributed by atoms with Crippen molar-refractivity contribution >= 4 is 27.5 Å². The van der Waals surface area contributed by atoms with E-state index in [1.807, 2.05) is 24.2 Å². The molecular formula is C15H14BrN5O. The minimum Gasteiger partial charge on any atom is -0.367 e. The molecule has 1 amide bonds. The molecule has 1 unspecified atom stereocenters. The molecule has 0 spiro atoms. The molecule has 0 fully saturated rings. The predicted octanol–water partition coefficient (Wildman–Crippen LogP) is 2.58. The summed E-state index contributed by atoms with van der Waals surface area (Å²) in [6.45, 7) is 2.75. The number of H-pyrrole nitrogens is 1. The van der Waals surface area contributed by atoms with E-state index in [0.717, 1.165) is 10.9 Å². The summed E-state index contributed by atoms with van der Waals surface area (Å²) in [7, 11) is 0. The number of hydrogen-bond acceptors (Lipinski definition) is 3. The highest BCUT2D eigenvalue weighted by Crippen LogP contribution is 2.30. The van der Waals surface area contributed by atoms with Crippen molar-refractivity contribution in [3.05, 3.63) is 52.1 Å². The summed E-state index contributed by atoms with van der Waals surface area (Å²) < 4.78 is 2.44. The van der Waals surface area contributed by atoms with Gasteiger partial charge in [0.15, 0.2) is 11.3 Å². The lowest BCUT2D eigenvalue weighted by Crippen LogP contribution is -2.38. The summed E-state index contributed by atoms with van der Waals surface area (Å²) in [5, 5.41) is 4.35. The molecule has 0 bridgehead atoms. The topological polar surface area (TPSA) is 66.3 Å². The zero-order chi connectivity index (χ0) is 15.3. The number of amides is 1. The number of nitrogens with zero attached hydrogens (tertiary/aromatic N) is 4. The molecule has 0 aromatic carbocycles. The van der Waals surface area contributed by atoms with Crippen LogP contribution in [0.2, 0.25) is 0 Å². The van der Waals surface area contributed by atoms with Crippen LogP contribution in [0.15, 0.2) is 35.3 Å². The summed E-state index contributed by atoms with van der Waals surface area (Å²) in [5.74, 6) is -0.0547. The van der Waals surface area contributed by atoms with E-state index in [1.54, 1.807) is 23.0 Å². The molecule has 4 rings (SSSR count). The van der Waals surface area contributed by atoms with Crippen molar-refractivity contribution in [2.75, 3.05) is 6.54 Å². The first-order valence-electron chi connectivity index (χ1n) is 7.11. The molecule has 3 aromatic heterocycles. The molecule has 7 heteroatoms. The smallest absolute Gasteiger partial charge is 0.274 e. The van der Waals surface area contributed by atoms with Crippen LogP contribution in [-0.2, 0) is 6.42 Å². The number of hydrogen-bond donors (Lipinski definition) is 1. The first-order chi connectivity index (χ1) is 10.6. The Labute approximate surface area is 135 Å². The van der Waals surface area contributed by atoms with Gasteiger partial charge in [-0.15, -0.1) is 0 Å². The molecule has 1 aliphatic rings. The lowest BCUT2D eigenvalue weighted by atomic mass is 9.98. The van der Waals surface area contributed by atoms with Crippen LogP contribution in [0.4, 0.5) is 0 Å². The normalized spacial score (nSPS) is 17.7. The number of fused-ring (bicyclic) bond motifs is 2. The van der Waals surface area contributed by atoms with Gasteiger partial charge in [0.1, 0.15) is 0 Å². The number of halogens is 1. The average molecular weight is 360 g/mol. The van der Waals surface area contributed by atoms with Crippen molar-refractivity contribution < 1.29 is 4.79 Å². The van der Waals surface area contributed by atoms with Crippen molar-refractivity contribution in [1.29, 1.82) is 0 Å². The number of aromatic nitrogens is 4. The summed E-state index contributed by atoms with van der Waals surface area (Å²) in [6, 6.07) is 1.78. The SMILES string of the molecule is CC1c2c[nH]cc2CCN1C(=O)c1cc2ncc(Br)cn2n1. The molecule has 112 valence electrons. The second-order valence-corrected chi connectivity index (χ2v) is 6.38. The fourth-order valence-electron chi connectivity index (χ4n) is 3.00. The van der Waals surface area contributed by atoms with Crippen molar-refractivity contribution in [3.63, 3.8) is 0 Å². The van der Waals surface area contributed by atoms with Gasteiger partial charge in [-0.1, -0.05) is 0 Å². The molecule has 0 aliphatic carbocycles. The Morgan fingerprint density at radius 1 is 1.45 bits per heavy atom. The van der Waals surface area contributed by atoms with Crippen molar-refractivity contribution in [2.45, 2.75) is 19.4 Å². The Balaban J connectivity index is 1.68. The lowest BCUT2D eigenvalue weighted by molar-refractivity contribution is 0.0672. The van der Waals surface area contributed by atoms with Crippen LogP contribution in [0.25, 0.3) is 5.65 Å². The number of aromatic amines is 1. The van der Waals surface area contributed by atoms with Crippen molar-refractivity contribution in [2.24, 2.45) is 0 Å². The second kappa shape index (κ2) is 4.95. The minimum atomic E-state index is -0.0547. The predicted molar refractivity (Wildman–Crippen MR) is 84.6 cm³/mol. The Bertz CT molecular complexity index is 868. The number of carbonyl (C=O) groups excluding carboxylic acids is 1. The monoisotopic (exact) mass is 359 g/mol. The summed E-state index contributed by atoms with van der Waals surface area (Å²) in [5.41, 5.74) is 3.57. The molecule has 0 radical (unpaired) electrons. The van der Waals surface area contributed by atoms with E-state index in [1.165, 1.54) is 11.1 Å². The first kappa shape index (κ1) is 13.5. The largest absolute Gasteiger partial charge is 0.367 e. The van der Waals surface area contributed by atoms with E-state index in [-0.39, 0.29) is 11.9 Å². The first-order valence-corrected chi connectivity index (χ1v) is 7.90. The van der Waals surface area contributed by atoms with Crippen LogP contribution in [0, 0.1) is 0 Å². The maximum absolute atomic E-state index is 12.8. The Morgan fingerprint density at radius 2 is 2.32 bits per heavy atom. The zero-order valence-corrected chi connectivity index (χ0v) is 13.5. The van der Waals surface area contributed by atoms with Gasteiger partial charge in [0.05, 0.1) is 10.5 Å². The number of carbonyl (C=O) groups is 1. The van der Waals surface area contributed by atoms with Crippen LogP contribution in [0.5, 0.6) is 0 Å². The molecule has 1 N–H and O–H groups in total. The third-order valence-electron chi connectivity index (χ3n) is 4.17. The maximum atomic E-state index is 12.8. The van der Waals surface area contributed by atoms with Gasteiger partial charge in [-0.25, -0.2) is 9.50 Å². The van der Waals surface area contributed by atoms with Gasteiger partial charge in [0, 0.05) is 37.4 Å². The third-order valence-corrected chi connectivity index (χ3v) is 4.58. The van der Waals surface area contributed by atoms with E-state index < -0.39 is 0 Å². The van der Waals surface area contributed by atoms with Crippen LogP contribution >= 0.6 is 15.9 Å². The van der Waals surface area contributed by atoms with Crippen LogP contribution < -0.4 is 0 Å². The molecule has 0 saturated heterocycles. The van der Waals surface area contributed by atoms with E-state index in [2.05, 4.69) is 31.0 Å². The fourth-order valence-corrected chi connectivity index (χ4v) is 3.30. The summed E-state index contributed by atoms with van der Waals surface area (Å²) >= 11 is 3.36. The third kappa shape index (κ3) is 2.04. The van der Waals surface area contributed by atoms with E-state index in [0.29, 0.717) is 17.9 Å². The number of nitrogens with one attached hydrogen (secondary N) is 1. The van der Waals surface area contributed by atoms with Crippen LogP contribution in [-0.4, -0.2) is 36.9 Å². The molecular weight excluding hydrogens is 346 g/mol. The maximum Gasteiger partial charge on any atom is 0.274 e. The Hall–Kier alpha value is -2.15. The highest BCUT2D eigenvalue weighted by molar-refractivity contribution is 9.10. The van der Waals surface area contributed by atoms with Crippen LogP contribution in [0.1, 0.15) is 34.6 Å². The van der Waals surface area contributed by atoms with Crippen molar-refractivity contribution in [1.82, 2.24) is 24.5 Å². The van der Waals surface area contributed by atoms with Gasteiger partial charge in [-0.3, -0.25) is 4.79 Å². The Kier molecular flexibility index (Phi) is 3.04. The molecule has 0 saturated carbocycles. The van der Waals surface area contributed by atoms with Gasteiger partial charge in [0.2, 0.25) is 0 Å². The highest BCUT2D eigenvalue weighted by Gasteiger charge is 2.30. The fraction of sp³-hybridized carbons (Fsp3) is 0.267. The molecule has 6 nitrogen and oxygen atoms in total. The molecule has 1 aliphatic heterocycles. The average Bonchev–Trinajstić information content (AvgIpc) is 3.12. The molecule has 4 heterocycles. The van der Waals surface area contributed by atoms with E-state index in [9.17, 15) is 4.79 Å². The standard InChI is InChI=1S/C15H14BrN5O/c1-9-12-7-17-5-10(12)2-3-20(9)15(22)13-4-14-18-6-11(16)8-21(14)19-13/h4-9,17H,2-3H2,1H3.